The minimum Gasteiger partial charge on any atom is -0.141 e. The second-order valence-corrected chi connectivity index (χ2v) is 5.83. The Morgan fingerprint density at radius 2 is 0.741 bits per heavy atom. The molecule has 0 amide bonds. The molecule has 0 aliphatic carbocycles. The van der Waals surface area contributed by atoms with E-state index in [0.29, 0.717) is 0 Å². The summed E-state index contributed by atoms with van der Waals surface area (Å²) >= 11 is 0. The fourth-order valence-electron chi connectivity index (χ4n) is 3.18. The lowest BCUT2D eigenvalue weighted by molar-refractivity contribution is 1.56. The highest BCUT2D eigenvalue weighted by Crippen LogP contribution is 2.39. The van der Waals surface area contributed by atoms with Crippen LogP contribution in [-0.2, 0) is 0 Å². The highest BCUT2D eigenvalue weighted by Gasteiger charge is 2.13. The highest BCUT2D eigenvalue weighted by molar-refractivity contribution is 14.0. The third-order valence-electron chi connectivity index (χ3n) is 4.30. The first kappa shape index (κ1) is 21.3. The summed E-state index contributed by atoms with van der Waals surface area (Å²) in [4.78, 5) is 0. The van der Waals surface area contributed by atoms with Gasteiger partial charge in [-0.15, -0.1) is 33.2 Å². The van der Waals surface area contributed by atoms with Gasteiger partial charge in [-0.2, -0.15) is 0 Å². The van der Waals surface area contributed by atoms with Crippen molar-refractivity contribution in [3.8, 4) is 33.4 Å². The summed E-state index contributed by atoms with van der Waals surface area (Å²) in [5, 5.41) is 0. The smallest absolute Gasteiger partial charge is 0.00268 e. The van der Waals surface area contributed by atoms with E-state index in [2.05, 4.69) is 118 Å². The van der Waals surface area contributed by atoms with Gasteiger partial charge in [-0.1, -0.05) is 116 Å². The third kappa shape index (κ3) is 5.06. The highest BCUT2D eigenvalue weighted by atomic mass is 127. The summed E-state index contributed by atoms with van der Waals surface area (Å²) in [5.41, 5.74) is 7.56. The van der Waals surface area contributed by atoms with E-state index in [1.807, 2.05) is 6.66 Å². The van der Waals surface area contributed by atoms with Crippen LogP contribution < -0.4 is 0 Å². The summed E-state index contributed by atoms with van der Waals surface area (Å²) < 4.78 is 0. The second-order valence-electron chi connectivity index (χ2n) is 5.83. The Balaban J connectivity index is 0.000000844. The SMILES string of the molecule is CP.I.c1ccc(-c2cccc(-c3ccccc3)c2-c2ccccc2)cc1. The first-order valence-electron chi connectivity index (χ1n) is 8.80. The van der Waals surface area contributed by atoms with Gasteiger partial charge in [-0.25, -0.2) is 0 Å². The lowest BCUT2D eigenvalue weighted by atomic mass is 9.88. The minimum atomic E-state index is 0. The van der Waals surface area contributed by atoms with Crippen LogP contribution in [-0.4, -0.2) is 6.66 Å². The Morgan fingerprint density at radius 1 is 0.407 bits per heavy atom. The number of rotatable bonds is 3. The van der Waals surface area contributed by atoms with E-state index in [4.69, 9.17) is 0 Å². The largest absolute Gasteiger partial charge is 0.141 e. The molecule has 136 valence electrons. The molecule has 0 aliphatic heterocycles. The Labute approximate surface area is 181 Å². The first-order chi connectivity index (χ1) is 12.9. The lowest BCUT2D eigenvalue weighted by Crippen LogP contribution is -1.90. The molecule has 2 heteroatoms. The van der Waals surface area contributed by atoms with E-state index >= 15 is 0 Å². The minimum absolute atomic E-state index is 0. The molecule has 0 radical (unpaired) electrons. The van der Waals surface area contributed by atoms with Crippen LogP contribution >= 0.6 is 33.2 Å². The molecular formula is C25H24IP. The van der Waals surface area contributed by atoms with Crippen molar-refractivity contribution >= 4 is 33.2 Å². The molecule has 1 unspecified atom stereocenters. The van der Waals surface area contributed by atoms with Crippen LogP contribution in [0.5, 0.6) is 0 Å². The zero-order valence-corrected chi connectivity index (χ0v) is 18.9. The summed E-state index contributed by atoms with van der Waals surface area (Å²) in [7, 11) is 2.42. The quantitative estimate of drug-likeness (QED) is 0.207. The number of benzene rings is 4. The number of hydrogen-bond donors (Lipinski definition) is 0. The fraction of sp³-hybridized carbons (Fsp3) is 0.0400. The standard InChI is InChI=1S/C24H18.CH5P.HI/c1-4-11-19(12-5-1)22-17-10-18-23(20-13-6-2-7-14-20)24(22)21-15-8-3-9-16-21;1-2;/h1-18H;2H2,1H3;1H. The summed E-state index contributed by atoms with van der Waals surface area (Å²) in [5.74, 6) is 0. The third-order valence-corrected chi connectivity index (χ3v) is 4.30. The van der Waals surface area contributed by atoms with Gasteiger partial charge in [0.1, 0.15) is 0 Å². The van der Waals surface area contributed by atoms with Crippen molar-refractivity contribution in [1.29, 1.82) is 0 Å². The van der Waals surface area contributed by atoms with Crippen molar-refractivity contribution in [1.82, 2.24) is 0 Å². The van der Waals surface area contributed by atoms with Crippen molar-refractivity contribution in [2.75, 3.05) is 6.66 Å². The van der Waals surface area contributed by atoms with E-state index in [-0.39, 0.29) is 24.0 Å². The number of hydrogen-bond acceptors (Lipinski definition) is 0. The van der Waals surface area contributed by atoms with Crippen molar-refractivity contribution in [2.24, 2.45) is 0 Å². The molecular weight excluding hydrogens is 458 g/mol. The molecule has 27 heavy (non-hydrogen) atoms. The molecule has 0 fully saturated rings. The monoisotopic (exact) mass is 482 g/mol. The molecule has 0 aliphatic rings. The molecule has 0 nitrogen and oxygen atoms in total. The molecule has 0 aromatic heterocycles. The van der Waals surface area contributed by atoms with Gasteiger partial charge in [-0.05, 0) is 33.4 Å². The van der Waals surface area contributed by atoms with E-state index in [9.17, 15) is 0 Å². The van der Waals surface area contributed by atoms with Gasteiger partial charge in [0.2, 0.25) is 0 Å². The van der Waals surface area contributed by atoms with Gasteiger partial charge in [0.05, 0.1) is 0 Å². The van der Waals surface area contributed by atoms with Crippen molar-refractivity contribution < 1.29 is 0 Å². The van der Waals surface area contributed by atoms with Crippen molar-refractivity contribution in [3.05, 3.63) is 109 Å². The van der Waals surface area contributed by atoms with Crippen LogP contribution in [0.25, 0.3) is 33.4 Å². The van der Waals surface area contributed by atoms with Gasteiger partial charge in [0.15, 0.2) is 0 Å². The Morgan fingerprint density at radius 3 is 1.11 bits per heavy atom. The lowest BCUT2D eigenvalue weighted by Gasteiger charge is -2.16. The van der Waals surface area contributed by atoms with Gasteiger partial charge in [-0.3, -0.25) is 0 Å². The van der Waals surface area contributed by atoms with Crippen LogP contribution in [0.4, 0.5) is 0 Å². The van der Waals surface area contributed by atoms with Crippen LogP contribution in [0.3, 0.4) is 0 Å². The van der Waals surface area contributed by atoms with Crippen LogP contribution in [0.2, 0.25) is 0 Å². The average Bonchev–Trinajstić information content (AvgIpc) is 2.76. The fourth-order valence-corrected chi connectivity index (χ4v) is 3.18. The molecule has 1 atom stereocenters. The normalized spacial score (nSPS) is 9.56. The molecule has 4 aromatic rings. The summed E-state index contributed by atoms with van der Waals surface area (Å²) in [6, 6.07) is 38.4. The van der Waals surface area contributed by atoms with Crippen molar-refractivity contribution in [2.45, 2.75) is 0 Å². The summed E-state index contributed by atoms with van der Waals surface area (Å²) in [6.45, 7) is 1.92. The van der Waals surface area contributed by atoms with E-state index in [1.165, 1.54) is 33.4 Å². The molecule has 4 aromatic carbocycles. The van der Waals surface area contributed by atoms with E-state index < -0.39 is 0 Å². The first-order valence-corrected chi connectivity index (χ1v) is 9.96. The van der Waals surface area contributed by atoms with Gasteiger partial charge >= 0.3 is 0 Å². The molecule has 0 N–H and O–H groups in total. The Hall–Kier alpha value is -1.96. The molecule has 0 spiro atoms. The maximum Gasteiger partial charge on any atom is -0.00268 e. The molecule has 0 heterocycles. The maximum absolute atomic E-state index is 2.42. The van der Waals surface area contributed by atoms with Gasteiger partial charge in [0.25, 0.3) is 0 Å². The van der Waals surface area contributed by atoms with Crippen molar-refractivity contribution in [3.63, 3.8) is 0 Å². The topological polar surface area (TPSA) is 0 Å². The van der Waals surface area contributed by atoms with E-state index in [0.717, 1.165) is 0 Å². The van der Waals surface area contributed by atoms with Gasteiger partial charge in [0, 0.05) is 0 Å². The zero-order chi connectivity index (χ0) is 18.2. The maximum atomic E-state index is 2.42. The molecule has 0 bridgehead atoms. The van der Waals surface area contributed by atoms with Crippen LogP contribution in [0.1, 0.15) is 0 Å². The predicted octanol–water partition coefficient (Wildman–Crippen LogP) is 7.80. The molecule has 0 saturated heterocycles. The number of halogens is 1. The summed E-state index contributed by atoms with van der Waals surface area (Å²) in [6.07, 6.45) is 0. The molecule has 0 saturated carbocycles. The van der Waals surface area contributed by atoms with Crippen LogP contribution in [0, 0.1) is 0 Å². The second kappa shape index (κ2) is 11.0. The van der Waals surface area contributed by atoms with Gasteiger partial charge < -0.3 is 0 Å². The average molecular weight is 482 g/mol. The van der Waals surface area contributed by atoms with Crippen LogP contribution in [0.15, 0.2) is 109 Å². The Bertz CT molecular complexity index is 878. The Kier molecular flexibility index (Phi) is 8.71. The predicted molar refractivity (Wildman–Crippen MR) is 134 cm³/mol. The zero-order valence-electron chi connectivity index (χ0n) is 15.4. The van der Waals surface area contributed by atoms with E-state index in [1.54, 1.807) is 0 Å². The molecule has 4 rings (SSSR count).